The molecule has 4 aromatic rings. The number of amides is 1. The van der Waals surface area contributed by atoms with Crippen molar-refractivity contribution in [2.75, 3.05) is 31.6 Å². The molecule has 0 bridgehead atoms. The summed E-state index contributed by atoms with van der Waals surface area (Å²) in [4.78, 5) is 32.9. The highest BCUT2D eigenvalue weighted by atomic mass is 35.5. The second-order valence-electron chi connectivity index (χ2n) is 7.60. The molecule has 0 unspecified atom stereocenters. The van der Waals surface area contributed by atoms with Gasteiger partial charge >= 0.3 is 0 Å². The van der Waals surface area contributed by atoms with Crippen LogP contribution < -0.4 is 5.32 Å². The fourth-order valence-electron chi connectivity index (χ4n) is 3.86. The van der Waals surface area contributed by atoms with Gasteiger partial charge in [0.2, 0.25) is 0 Å². The summed E-state index contributed by atoms with van der Waals surface area (Å²) in [7, 11) is 0. The lowest BCUT2D eigenvalue weighted by molar-refractivity contribution is 0.0300. The van der Waals surface area contributed by atoms with Gasteiger partial charge in [-0.15, -0.1) is 0 Å². The number of anilines is 1. The minimum Gasteiger partial charge on any atom is -0.378 e. The van der Waals surface area contributed by atoms with Gasteiger partial charge in [-0.2, -0.15) is 0 Å². The first-order valence-electron chi connectivity index (χ1n) is 10.4. The van der Waals surface area contributed by atoms with Gasteiger partial charge in [0.25, 0.3) is 5.91 Å². The Bertz CT molecular complexity index is 1300. The molecule has 1 saturated heterocycles. The molecule has 3 aromatic heterocycles. The molecule has 162 valence electrons. The Kier molecular flexibility index (Phi) is 5.55. The molecule has 9 heteroatoms. The third-order valence-electron chi connectivity index (χ3n) is 5.52. The van der Waals surface area contributed by atoms with E-state index in [1.807, 2.05) is 37.3 Å². The number of pyridine rings is 2. The van der Waals surface area contributed by atoms with Gasteiger partial charge in [-0.1, -0.05) is 23.7 Å². The number of carbonyl (C=O) groups is 1. The summed E-state index contributed by atoms with van der Waals surface area (Å²) in [5.74, 6) is 0.465. The van der Waals surface area contributed by atoms with Crippen molar-refractivity contribution in [2.24, 2.45) is 0 Å². The molecular formula is C23H21ClN6O2. The highest BCUT2D eigenvalue weighted by Crippen LogP contribution is 2.30. The lowest BCUT2D eigenvalue weighted by Crippen LogP contribution is -2.41. The van der Waals surface area contributed by atoms with E-state index in [2.05, 4.69) is 20.3 Å². The summed E-state index contributed by atoms with van der Waals surface area (Å²) in [6.45, 7) is 4.07. The molecule has 0 aliphatic carbocycles. The molecule has 0 saturated carbocycles. The number of halogens is 1. The van der Waals surface area contributed by atoms with Gasteiger partial charge in [-0.05, 0) is 36.6 Å². The monoisotopic (exact) mass is 448 g/mol. The Morgan fingerprint density at radius 3 is 2.84 bits per heavy atom. The fourth-order valence-corrected chi connectivity index (χ4v) is 4.13. The predicted octanol–water partition coefficient (Wildman–Crippen LogP) is 3.87. The first kappa shape index (κ1) is 20.5. The number of benzene rings is 1. The van der Waals surface area contributed by atoms with Crippen LogP contribution in [0.2, 0.25) is 5.02 Å². The van der Waals surface area contributed by atoms with Crippen molar-refractivity contribution < 1.29 is 9.53 Å². The zero-order chi connectivity index (χ0) is 22.1. The van der Waals surface area contributed by atoms with E-state index in [9.17, 15) is 4.79 Å². The molecule has 1 aromatic carbocycles. The largest absolute Gasteiger partial charge is 0.378 e. The molecule has 4 heterocycles. The summed E-state index contributed by atoms with van der Waals surface area (Å²) >= 11 is 6.50. The summed E-state index contributed by atoms with van der Waals surface area (Å²) in [5.41, 5.74) is 2.48. The second kappa shape index (κ2) is 8.64. The van der Waals surface area contributed by atoms with Crippen LogP contribution in [0.4, 0.5) is 5.82 Å². The van der Waals surface area contributed by atoms with Crippen molar-refractivity contribution in [1.82, 2.24) is 24.8 Å². The predicted molar refractivity (Wildman–Crippen MR) is 123 cm³/mol. The molecule has 1 fully saturated rings. The van der Waals surface area contributed by atoms with E-state index < -0.39 is 0 Å². The molecule has 1 aliphatic heterocycles. The minimum absolute atomic E-state index is 0.144. The van der Waals surface area contributed by atoms with Crippen LogP contribution in [-0.2, 0) is 4.74 Å². The third-order valence-corrected chi connectivity index (χ3v) is 5.83. The molecule has 32 heavy (non-hydrogen) atoms. The Labute approximate surface area is 189 Å². The van der Waals surface area contributed by atoms with Gasteiger partial charge in [0.05, 0.1) is 35.5 Å². The van der Waals surface area contributed by atoms with Crippen LogP contribution in [0.3, 0.4) is 0 Å². The van der Waals surface area contributed by atoms with Crippen molar-refractivity contribution in [3.05, 3.63) is 65.3 Å². The molecule has 5 rings (SSSR count). The van der Waals surface area contributed by atoms with Crippen LogP contribution >= 0.6 is 11.6 Å². The van der Waals surface area contributed by atoms with Crippen LogP contribution in [0.15, 0.2) is 48.9 Å². The van der Waals surface area contributed by atoms with Crippen molar-refractivity contribution >= 4 is 45.1 Å². The zero-order valence-corrected chi connectivity index (χ0v) is 18.2. The molecule has 1 atom stereocenters. The van der Waals surface area contributed by atoms with Gasteiger partial charge in [-0.3, -0.25) is 9.78 Å². The maximum atomic E-state index is 13.4. The molecule has 0 radical (unpaired) electrons. The van der Waals surface area contributed by atoms with Gasteiger partial charge in [-0.25, -0.2) is 15.0 Å². The SMILES string of the molecule is C[C@H](Nc1ncnc2cccnc12)c1cc2cccc(Cl)c2c(C(=O)N2CCOCC2)n1. The zero-order valence-electron chi connectivity index (χ0n) is 17.5. The average Bonchev–Trinajstić information content (AvgIpc) is 2.84. The van der Waals surface area contributed by atoms with Crippen molar-refractivity contribution in [3.8, 4) is 0 Å². The highest BCUT2D eigenvalue weighted by Gasteiger charge is 2.24. The number of ether oxygens (including phenoxy) is 1. The van der Waals surface area contributed by atoms with E-state index in [0.29, 0.717) is 59.4 Å². The van der Waals surface area contributed by atoms with E-state index >= 15 is 0 Å². The van der Waals surface area contributed by atoms with Crippen LogP contribution in [0, 0.1) is 0 Å². The summed E-state index contributed by atoms with van der Waals surface area (Å²) in [5, 5.41) is 5.40. The second-order valence-corrected chi connectivity index (χ2v) is 8.00. The number of aromatic nitrogens is 4. The van der Waals surface area contributed by atoms with E-state index in [1.165, 1.54) is 6.33 Å². The molecule has 1 amide bonds. The maximum absolute atomic E-state index is 13.4. The molecule has 1 N–H and O–H groups in total. The first-order chi connectivity index (χ1) is 15.6. The highest BCUT2D eigenvalue weighted by molar-refractivity contribution is 6.36. The lowest BCUT2D eigenvalue weighted by Gasteiger charge is -2.27. The van der Waals surface area contributed by atoms with Gasteiger partial charge in [0.15, 0.2) is 5.82 Å². The smallest absolute Gasteiger partial charge is 0.273 e. The molecule has 1 aliphatic rings. The number of fused-ring (bicyclic) bond motifs is 2. The standard InChI is InChI=1S/C23H21ClN6O2/c1-14(28-22-20-17(26-13-27-22)6-3-7-25-20)18-12-15-4-2-5-16(24)19(15)21(29-18)23(31)30-8-10-32-11-9-30/h2-7,12-14H,8-11H2,1H3,(H,26,27,28)/t14-/m0/s1. The summed E-state index contributed by atoms with van der Waals surface area (Å²) < 4.78 is 5.39. The van der Waals surface area contributed by atoms with Crippen LogP contribution in [-0.4, -0.2) is 57.0 Å². The number of nitrogens with zero attached hydrogens (tertiary/aromatic N) is 5. The normalized spacial score (nSPS) is 15.1. The van der Waals surface area contributed by atoms with Gasteiger partial charge < -0.3 is 15.0 Å². The Morgan fingerprint density at radius 1 is 1.16 bits per heavy atom. The number of nitrogens with one attached hydrogen (secondary N) is 1. The van der Waals surface area contributed by atoms with E-state index in [1.54, 1.807) is 17.2 Å². The number of morpholine rings is 1. The third kappa shape index (κ3) is 3.83. The Morgan fingerprint density at radius 2 is 2.00 bits per heavy atom. The topological polar surface area (TPSA) is 93.1 Å². The van der Waals surface area contributed by atoms with Crippen LogP contribution in [0.5, 0.6) is 0 Å². The minimum atomic E-state index is -0.241. The van der Waals surface area contributed by atoms with Crippen molar-refractivity contribution in [2.45, 2.75) is 13.0 Å². The number of hydrogen-bond donors (Lipinski definition) is 1. The fraction of sp³-hybridized carbons (Fsp3) is 0.261. The van der Waals surface area contributed by atoms with E-state index in [0.717, 1.165) is 10.9 Å². The van der Waals surface area contributed by atoms with Crippen molar-refractivity contribution in [3.63, 3.8) is 0 Å². The lowest BCUT2D eigenvalue weighted by atomic mass is 10.0. The van der Waals surface area contributed by atoms with Crippen molar-refractivity contribution in [1.29, 1.82) is 0 Å². The number of rotatable bonds is 4. The van der Waals surface area contributed by atoms with Gasteiger partial charge in [0, 0.05) is 24.7 Å². The van der Waals surface area contributed by atoms with Crippen LogP contribution in [0.25, 0.3) is 21.8 Å². The number of hydrogen-bond acceptors (Lipinski definition) is 7. The summed E-state index contributed by atoms with van der Waals surface area (Å²) in [6.07, 6.45) is 3.21. The maximum Gasteiger partial charge on any atom is 0.273 e. The Balaban J connectivity index is 1.56. The average molecular weight is 449 g/mol. The quantitative estimate of drug-likeness (QED) is 0.506. The molecular weight excluding hydrogens is 428 g/mol. The first-order valence-corrected chi connectivity index (χ1v) is 10.8. The van der Waals surface area contributed by atoms with E-state index in [-0.39, 0.29) is 11.9 Å². The molecule has 8 nitrogen and oxygen atoms in total. The summed E-state index contributed by atoms with van der Waals surface area (Å²) in [6, 6.07) is 11.0. The van der Waals surface area contributed by atoms with Gasteiger partial charge in [0.1, 0.15) is 17.5 Å². The molecule has 0 spiro atoms. The van der Waals surface area contributed by atoms with Crippen LogP contribution in [0.1, 0.15) is 29.1 Å². The number of carbonyl (C=O) groups excluding carboxylic acids is 1. The Hall–Kier alpha value is -3.36. The van der Waals surface area contributed by atoms with E-state index in [4.69, 9.17) is 21.3 Å².